The molecule has 3 rings (SSSR count). The van der Waals surface area contributed by atoms with Gasteiger partial charge in [-0.15, -0.1) is 0 Å². The molecule has 2 aromatic heterocycles. The van der Waals surface area contributed by atoms with Gasteiger partial charge in [0.1, 0.15) is 0 Å². The van der Waals surface area contributed by atoms with Gasteiger partial charge >= 0.3 is 0 Å². The van der Waals surface area contributed by atoms with E-state index in [2.05, 4.69) is 15.0 Å². The Morgan fingerprint density at radius 3 is 3.00 bits per heavy atom. The van der Waals surface area contributed by atoms with Crippen molar-refractivity contribution in [2.75, 3.05) is 6.54 Å². The lowest BCUT2D eigenvalue weighted by Gasteiger charge is -2.24. The quantitative estimate of drug-likeness (QED) is 0.843. The lowest BCUT2D eigenvalue weighted by molar-refractivity contribution is -0.132. The lowest BCUT2D eigenvalue weighted by atomic mass is 10.1. The first-order chi connectivity index (χ1) is 9.84. The molecule has 0 unspecified atom stereocenters. The zero-order valence-corrected chi connectivity index (χ0v) is 11.2. The van der Waals surface area contributed by atoms with Gasteiger partial charge in [0.2, 0.25) is 5.91 Å². The third-order valence-electron chi connectivity index (χ3n) is 3.64. The Morgan fingerprint density at radius 2 is 2.25 bits per heavy atom. The van der Waals surface area contributed by atoms with E-state index in [9.17, 15) is 4.79 Å². The predicted octanol–water partition coefficient (Wildman–Crippen LogP) is 1.43. The molecule has 1 amide bonds. The molecule has 0 spiro atoms. The van der Waals surface area contributed by atoms with Gasteiger partial charge in [-0.2, -0.15) is 0 Å². The van der Waals surface area contributed by atoms with E-state index in [0.717, 1.165) is 25.1 Å². The van der Waals surface area contributed by atoms with Crippen LogP contribution in [0.1, 0.15) is 31.0 Å². The summed E-state index contributed by atoms with van der Waals surface area (Å²) in [6, 6.07) is 0.0824. The summed E-state index contributed by atoms with van der Waals surface area (Å²) in [5.41, 5.74) is 0.890. The van der Waals surface area contributed by atoms with E-state index in [0.29, 0.717) is 13.0 Å². The van der Waals surface area contributed by atoms with Crippen molar-refractivity contribution in [3.8, 4) is 0 Å². The molecular formula is C14H17N5O. The predicted molar refractivity (Wildman–Crippen MR) is 72.6 cm³/mol. The summed E-state index contributed by atoms with van der Waals surface area (Å²) in [5.74, 6) is 0.173. The van der Waals surface area contributed by atoms with Crippen molar-refractivity contribution in [2.45, 2.75) is 31.8 Å². The largest absolute Gasteiger partial charge is 0.337 e. The molecule has 1 fully saturated rings. The first-order valence-electron chi connectivity index (χ1n) is 6.86. The van der Waals surface area contributed by atoms with Crippen LogP contribution in [0.15, 0.2) is 37.3 Å². The van der Waals surface area contributed by atoms with Gasteiger partial charge in [0.05, 0.1) is 24.3 Å². The average molecular weight is 271 g/mol. The zero-order chi connectivity index (χ0) is 13.8. The van der Waals surface area contributed by atoms with E-state index in [1.54, 1.807) is 31.1 Å². The van der Waals surface area contributed by atoms with E-state index in [1.807, 2.05) is 15.7 Å². The number of aryl methyl sites for hydroxylation is 1. The second kappa shape index (κ2) is 5.81. The third-order valence-corrected chi connectivity index (χ3v) is 3.64. The summed E-state index contributed by atoms with van der Waals surface area (Å²) < 4.78 is 1.92. The molecule has 1 atom stereocenters. The Bertz CT molecular complexity index is 554. The monoisotopic (exact) mass is 271 g/mol. The summed E-state index contributed by atoms with van der Waals surface area (Å²) in [6.45, 7) is 1.48. The fraction of sp³-hybridized carbons (Fsp3) is 0.429. The lowest BCUT2D eigenvalue weighted by Crippen LogP contribution is -2.31. The standard InChI is InChI=1S/C14H17N5O/c20-14(3-8-18-9-6-16-11-18)19-7-1-2-13(19)12-10-15-4-5-17-12/h4-6,9-11,13H,1-3,7-8H2/t13-/m1/s1. The van der Waals surface area contributed by atoms with E-state index < -0.39 is 0 Å². The highest BCUT2D eigenvalue weighted by Gasteiger charge is 2.30. The second-order valence-electron chi connectivity index (χ2n) is 4.93. The van der Waals surface area contributed by atoms with Crippen LogP contribution in [0.3, 0.4) is 0 Å². The van der Waals surface area contributed by atoms with Crippen LogP contribution in [0, 0.1) is 0 Å². The Morgan fingerprint density at radius 1 is 1.30 bits per heavy atom. The molecule has 6 nitrogen and oxygen atoms in total. The molecule has 2 aromatic rings. The number of nitrogens with zero attached hydrogens (tertiary/aromatic N) is 5. The van der Waals surface area contributed by atoms with Crippen molar-refractivity contribution in [2.24, 2.45) is 0 Å². The second-order valence-corrected chi connectivity index (χ2v) is 4.93. The van der Waals surface area contributed by atoms with Crippen LogP contribution < -0.4 is 0 Å². The number of hydrogen-bond acceptors (Lipinski definition) is 4. The van der Waals surface area contributed by atoms with Crippen molar-refractivity contribution >= 4 is 5.91 Å². The number of rotatable bonds is 4. The molecular weight excluding hydrogens is 254 g/mol. The van der Waals surface area contributed by atoms with Crippen LogP contribution in [-0.2, 0) is 11.3 Å². The number of carbonyl (C=O) groups is 1. The number of amides is 1. The number of hydrogen-bond donors (Lipinski definition) is 0. The Balaban J connectivity index is 1.64. The van der Waals surface area contributed by atoms with Gasteiger partial charge in [-0.05, 0) is 12.8 Å². The van der Waals surface area contributed by atoms with E-state index in [4.69, 9.17) is 0 Å². The first-order valence-corrected chi connectivity index (χ1v) is 6.86. The molecule has 1 aliphatic rings. The number of carbonyl (C=O) groups excluding carboxylic acids is 1. The fourth-order valence-electron chi connectivity index (χ4n) is 2.64. The van der Waals surface area contributed by atoms with Crippen molar-refractivity contribution in [1.82, 2.24) is 24.4 Å². The van der Waals surface area contributed by atoms with E-state index >= 15 is 0 Å². The normalized spacial score (nSPS) is 18.4. The molecule has 0 radical (unpaired) electrons. The minimum Gasteiger partial charge on any atom is -0.337 e. The maximum atomic E-state index is 12.4. The molecule has 0 saturated carbocycles. The molecule has 1 saturated heterocycles. The van der Waals surface area contributed by atoms with Crippen LogP contribution >= 0.6 is 0 Å². The summed E-state index contributed by atoms with van der Waals surface area (Å²) >= 11 is 0. The van der Waals surface area contributed by atoms with Crippen LogP contribution in [-0.4, -0.2) is 36.9 Å². The summed E-state index contributed by atoms with van der Waals surface area (Å²) in [4.78, 5) is 26.7. The Kier molecular flexibility index (Phi) is 3.71. The SMILES string of the molecule is O=C(CCn1ccnc1)N1CCC[C@@H]1c1cnccn1. The maximum absolute atomic E-state index is 12.4. The Labute approximate surface area is 117 Å². The zero-order valence-electron chi connectivity index (χ0n) is 11.2. The van der Waals surface area contributed by atoms with Crippen molar-refractivity contribution < 1.29 is 4.79 Å². The number of imidazole rings is 1. The van der Waals surface area contributed by atoms with E-state index in [1.165, 1.54) is 0 Å². The van der Waals surface area contributed by atoms with Crippen LogP contribution in [0.4, 0.5) is 0 Å². The molecule has 1 aliphatic heterocycles. The average Bonchev–Trinajstić information content (AvgIpc) is 3.17. The molecule has 20 heavy (non-hydrogen) atoms. The highest BCUT2D eigenvalue weighted by atomic mass is 16.2. The Hall–Kier alpha value is -2.24. The minimum atomic E-state index is 0.0824. The van der Waals surface area contributed by atoms with E-state index in [-0.39, 0.29) is 11.9 Å². The third kappa shape index (κ3) is 2.68. The van der Waals surface area contributed by atoms with Crippen LogP contribution in [0.2, 0.25) is 0 Å². The van der Waals surface area contributed by atoms with Gasteiger partial charge in [-0.25, -0.2) is 4.98 Å². The van der Waals surface area contributed by atoms with Crippen LogP contribution in [0.5, 0.6) is 0 Å². The highest BCUT2D eigenvalue weighted by Crippen LogP contribution is 2.30. The fourth-order valence-corrected chi connectivity index (χ4v) is 2.64. The van der Waals surface area contributed by atoms with Crippen molar-refractivity contribution in [3.05, 3.63) is 43.0 Å². The summed E-state index contributed by atoms with van der Waals surface area (Å²) in [6.07, 6.45) is 12.9. The van der Waals surface area contributed by atoms with Crippen LogP contribution in [0.25, 0.3) is 0 Å². The molecule has 0 aliphatic carbocycles. The number of likely N-dealkylation sites (tertiary alicyclic amines) is 1. The number of aromatic nitrogens is 4. The van der Waals surface area contributed by atoms with Crippen molar-refractivity contribution in [3.63, 3.8) is 0 Å². The topological polar surface area (TPSA) is 63.9 Å². The first kappa shape index (κ1) is 12.8. The summed E-state index contributed by atoms with van der Waals surface area (Å²) in [7, 11) is 0. The molecule has 104 valence electrons. The van der Waals surface area contributed by atoms with Crippen molar-refractivity contribution in [1.29, 1.82) is 0 Å². The minimum absolute atomic E-state index is 0.0824. The highest BCUT2D eigenvalue weighted by molar-refractivity contribution is 5.76. The van der Waals surface area contributed by atoms with Gasteiger partial charge in [-0.1, -0.05) is 0 Å². The van der Waals surface area contributed by atoms with Gasteiger partial charge in [-0.3, -0.25) is 14.8 Å². The molecule has 0 N–H and O–H groups in total. The van der Waals surface area contributed by atoms with Gasteiger partial charge in [0.15, 0.2) is 0 Å². The van der Waals surface area contributed by atoms with Gasteiger partial charge < -0.3 is 9.47 Å². The smallest absolute Gasteiger partial charge is 0.224 e. The molecule has 3 heterocycles. The molecule has 6 heteroatoms. The summed E-state index contributed by atoms with van der Waals surface area (Å²) in [5, 5.41) is 0. The van der Waals surface area contributed by atoms with Gasteiger partial charge in [0, 0.05) is 44.3 Å². The maximum Gasteiger partial charge on any atom is 0.224 e. The van der Waals surface area contributed by atoms with Gasteiger partial charge in [0.25, 0.3) is 0 Å². The molecule has 0 aromatic carbocycles. The molecule has 0 bridgehead atoms.